The van der Waals surface area contributed by atoms with Gasteiger partial charge in [-0.3, -0.25) is 10.2 Å². The fourth-order valence-electron chi connectivity index (χ4n) is 5.08. The summed E-state index contributed by atoms with van der Waals surface area (Å²) in [5.74, 6) is -1.69. The number of hydrogen-bond acceptors (Lipinski definition) is 7. The molecule has 0 atom stereocenters. The van der Waals surface area contributed by atoms with E-state index in [1.807, 2.05) is 12.1 Å². The van der Waals surface area contributed by atoms with Gasteiger partial charge in [-0.2, -0.15) is 0 Å². The minimum absolute atomic E-state index is 0.0613. The molecule has 2 aliphatic heterocycles. The molecule has 39 heavy (non-hydrogen) atoms. The Labute approximate surface area is 228 Å². The van der Waals surface area contributed by atoms with Crippen molar-refractivity contribution in [3.63, 3.8) is 0 Å². The Balaban J connectivity index is 1.54. The predicted octanol–water partition coefficient (Wildman–Crippen LogP) is 4.23. The van der Waals surface area contributed by atoms with Crippen LogP contribution in [0.25, 0.3) is 0 Å². The van der Waals surface area contributed by atoms with E-state index in [0.29, 0.717) is 37.1 Å². The second kappa shape index (κ2) is 11.2. The van der Waals surface area contributed by atoms with Crippen molar-refractivity contribution >= 4 is 23.3 Å². The number of rotatable bonds is 9. The Bertz CT molecular complexity index is 1280. The number of amidine groups is 1. The fraction of sp³-hybridized carbons (Fsp3) is 0.483. The van der Waals surface area contributed by atoms with E-state index in [9.17, 15) is 9.59 Å². The number of nitrogens with one attached hydrogen (secondary N) is 1. The lowest BCUT2D eigenvalue weighted by Gasteiger charge is -2.34. The average Bonchev–Trinajstić information content (AvgIpc) is 3.21. The number of benzene rings is 2. The van der Waals surface area contributed by atoms with Crippen LogP contribution in [0.15, 0.2) is 24.3 Å². The molecule has 2 aromatic rings. The summed E-state index contributed by atoms with van der Waals surface area (Å²) in [5.41, 5.74) is 2.94. The number of hydrogen-bond donors (Lipinski definition) is 2. The molecule has 9 nitrogen and oxygen atoms in total. The van der Waals surface area contributed by atoms with Crippen LogP contribution in [0.1, 0.15) is 60.7 Å². The van der Waals surface area contributed by atoms with Crippen LogP contribution < -0.4 is 14.4 Å². The number of nitrogens with zero attached hydrogens (tertiary/aromatic N) is 2. The van der Waals surface area contributed by atoms with Gasteiger partial charge in [0, 0.05) is 30.9 Å². The summed E-state index contributed by atoms with van der Waals surface area (Å²) in [7, 11) is 2.77. The van der Waals surface area contributed by atoms with Crippen LogP contribution in [0.2, 0.25) is 0 Å². The van der Waals surface area contributed by atoms with Crippen LogP contribution in [0.4, 0.5) is 10.1 Å². The molecule has 0 aliphatic carbocycles. The predicted molar refractivity (Wildman–Crippen MR) is 145 cm³/mol. The Kier molecular flexibility index (Phi) is 8.15. The van der Waals surface area contributed by atoms with Crippen molar-refractivity contribution in [2.75, 3.05) is 45.4 Å². The summed E-state index contributed by atoms with van der Waals surface area (Å²) in [6.45, 7) is 7.46. The van der Waals surface area contributed by atoms with Crippen molar-refractivity contribution in [1.29, 1.82) is 5.41 Å². The van der Waals surface area contributed by atoms with Gasteiger partial charge in [0.25, 0.3) is 0 Å². The largest absolute Gasteiger partial charge is 0.493 e. The van der Waals surface area contributed by atoms with E-state index in [2.05, 4.69) is 31.7 Å². The van der Waals surface area contributed by atoms with Crippen LogP contribution in [0, 0.1) is 11.2 Å². The van der Waals surface area contributed by atoms with Crippen molar-refractivity contribution < 1.29 is 33.3 Å². The summed E-state index contributed by atoms with van der Waals surface area (Å²) >= 11 is 0. The normalized spacial score (nSPS) is 15.9. The smallest absolute Gasteiger partial charge is 0.329 e. The summed E-state index contributed by atoms with van der Waals surface area (Å²) < 4.78 is 31.0. The number of ether oxygens (including phenoxy) is 3. The molecular formula is C29H36FN3O6. The van der Waals surface area contributed by atoms with Crippen LogP contribution in [-0.4, -0.2) is 74.2 Å². The zero-order valence-electron chi connectivity index (χ0n) is 23.1. The molecule has 1 saturated heterocycles. The number of methoxy groups -OCH3 is 2. The molecule has 0 saturated carbocycles. The van der Waals surface area contributed by atoms with Crippen molar-refractivity contribution in [3.8, 4) is 11.5 Å². The Hall–Kier alpha value is -3.66. The maximum Gasteiger partial charge on any atom is 0.329 e. The highest BCUT2D eigenvalue weighted by Gasteiger charge is 2.33. The summed E-state index contributed by atoms with van der Waals surface area (Å²) in [6, 6.07) is 7.51. The minimum Gasteiger partial charge on any atom is -0.493 e. The number of carboxylic acid groups (broad SMARTS) is 1. The number of carbonyl (C=O) groups is 2. The average molecular weight is 542 g/mol. The van der Waals surface area contributed by atoms with E-state index < -0.39 is 11.8 Å². The maximum absolute atomic E-state index is 15.2. The molecular weight excluding hydrogens is 505 g/mol. The van der Waals surface area contributed by atoms with Gasteiger partial charge < -0.3 is 29.1 Å². The number of aliphatic carboxylic acids is 1. The molecule has 1 fully saturated rings. The van der Waals surface area contributed by atoms with Crippen LogP contribution in [0.5, 0.6) is 11.5 Å². The third-order valence-corrected chi connectivity index (χ3v) is 7.30. The van der Waals surface area contributed by atoms with Crippen LogP contribution >= 0.6 is 0 Å². The quantitative estimate of drug-likeness (QED) is 0.454. The van der Waals surface area contributed by atoms with Crippen LogP contribution in [-0.2, 0) is 21.5 Å². The molecule has 0 spiro atoms. The van der Waals surface area contributed by atoms with E-state index in [4.69, 9.17) is 24.7 Å². The molecule has 2 heterocycles. The topological polar surface area (TPSA) is 112 Å². The number of carbonyl (C=O) groups excluding carboxylic acids is 1. The van der Waals surface area contributed by atoms with Gasteiger partial charge in [-0.15, -0.1) is 0 Å². The number of anilines is 1. The number of fused-ring (bicyclic) bond motifs is 1. The molecule has 0 radical (unpaired) electrons. The van der Waals surface area contributed by atoms with Crippen LogP contribution in [0.3, 0.4) is 0 Å². The lowest BCUT2D eigenvalue weighted by atomic mass is 9.85. The first-order chi connectivity index (χ1) is 18.4. The zero-order valence-corrected chi connectivity index (χ0v) is 23.1. The van der Waals surface area contributed by atoms with Gasteiger partial charge in [0.2, 0.25) is 0 Å². The SMILES string of the molecule is COc1cc2c(c(F)c1OC)C(=N)N(CC(=O)c1cc(N3CCC(OCC(=O)O)CC3)cc(C(C)(C)C)c1)C2. The molecule has 0 aromatic heterocycles. The monoisotopic (exact) mass is 541 g/mol. The Morgan fingerprint density at radius 3 is 2.38 bits per heavy atom. The van der Waals surface area contributed by atoms with E-state index >= 15 is 4.39 Å². The highest BCUT2D eigenvalue weighted by atomic mass is 19.1. The van der Waals surface area contributed by atoms with Gasteiger partial charge >= 0.3 is 5.97 Å². The summed E-state index contributed by atoms with van der Waals surface area (Å²) in [6.07, 6.45) is 1.28. The molecule has 2 aromatic carbocycles. The second-order valence-electron chi connectivity index (χ2n) is 11.0. The molecule has 4 rings (SSSR count). The number of carboxylic acids is 1. The van der Waals surface area contributed by atoms with E-state index in [1.54, 1.807) is 11.0 Å². The van der Waals surface area contributed by atoms with Crippen molar-refractivity contribution in [1.82, 2.24) is 4.90 Å². The van der Waals surface area contributed by atoms with Crippen molar-refractivity contribution in [3.05, 3.63) is 52.3 Å². The molecule has 10 heteroatoms. The third kappa shape index (κ3) is 6.00. The second-order valence-corrected chi connectivity index (χ2v) is 11.0. The zero-order chi connectivity index (χ0) is 28.5. The first kappa shape index (κ1) is 28.4. The van der Waals surface area contributed by atoms with E-state index in [-0.39, 0.29) is 59.9 Å². The van der Waals surface area contributed by atoms with Gasteiger partial charge in [0.15, 0.2) is 23.1 Å². The number of ketones is 1. The Morgan fingerprint density at radius 1 is 1.10 bits per heavy atom. The summed E-state index contributed by atoms with van der Waals surface area (Å²) in [4.78, 5) is 28.1. The first-order valence-electron chi connectivity index (χ1n) is 13.0. The molecule has 2 aliphatic rings. The van der Waals surface area contributed by atoms with Crippen molar-refractivity contribution in [2.24, 2.45) is 0 Å². The van der Waals surface area contributed by atoms with E-state index in [0.717, 1.165) is 11.3 Å². The molecule has 0 amide bonds. The van der Waals surface area contributed by atoms with Crippen molar-refractivity contribution in [2.45, 2.75) is 51.7 Å². The lowest BCUT2D eigenvalue weighted by Crippen LogP contribution is -2.38. The highest BCUT2D eigenvalue weighted by molar-refractivity contribution is 6.06. The first-order valence-corrected chi connectivity index (χ1v) is 13.0. The van der Waals surface area contributed by atoms with Gasteiger partial charge in [-0.05, 0) is 53.6 Å². The van der Waals surface area contributed by atoms with Gasteiger partial charge in [0.1, 0.15) is 12.4 Å². The minimum atomic E-state index is -0.978. The number of piperidine rings is 1. The van der Waals surface area contributed by atoms with Gasteiger partial charge in [-0.1, -0.05) is 20.8 Å². The molecule has 0 bridgehead atoms. The maximum atomic E-state index is 15.2. The van der Waals surface area contributed by atoms with Gasteiger partial charge in [0.05, 0.1) is 32.4 Å². The molecule has 0 unspecified atom stereocenters. The standard InChI is InChI=1S/C29H36FN3O6/c1-29(2,3)19-10-17(11-20(13-19)32-8-6-21(7-9-32)39-16-24(35)36)22(34)15-33-14-18-12-23(37-4)27(38-5)26(30)25(18)28(33)31/h10-13,21,31H,6-9,14-16H2,1-5H3,(H,35,36). The Morgan fingerprint density at radius 2 is 1.79 bits per heavy atom. The third-order valence-electron chi connectivity index (χ3n) is 7.30. The summed E-state index contributed by atoms with van der Waals surface area (Å²) in [5, 5.41) is 17.5. The van der Waals surface area contributed by atoms with Gasteiger partial charge in [-0.25, -0.2) is 9.18 Å². The fourth-order valence-corrected chi connectivity index (χ4v) is 5.08. The highest BCUT2D eigenvalue weighted by Crippen LogP contribution is 2.38. The molecule has 2 N–H and O–H groups in total. The van der Waals surface area contributed by atoms with E-state index in [1.165, 1.54) is 14.2 Å². The number of halogens is 1. The number of Topliss-reactive ketones (excluding diaryl/α,β-unsaturated/α-hetero) is 1. The lowest BCUT2D eigenvalue weighted by molar-refractivity contribution is -0.144. The molecule has 210 valence electrons.